The van der Waals surface area contributed by atoms with Gasteiger partial charge in [0.05, 0.1) is 23.6 Å². The maximum absolute atomic E-state index is 9.35. The smallest absolute Gasteiger partial charge is 0.268 e. The first-order valence-corrected chi connectivity index (χ1v) is 25.1. The van der Waals surface area contributed by atoms with Gasteiger partial charge in [0, 0.05) is 44.3 Å². The van der Waals surface area contributed by atoms with E-state index in [2.05, 4.69) is 183 Å². The van der Waals surface area contributed by atoms with Gasteiger partial charge in [-0.15, -0.1) is 29.7 Å². The zero-order chi connectivity index (χ0) is 55.2. The number of hydrogen-bond acceptors (Lipinski definition) is 2. The fourth-order valence-electron chi connectivity index (χ4n) is 9.76. The van der Waals surface area contributed by atoms with Crippen LogP contribution in [0.1, 0.15) is 98.7 Å². The minimum atomic E-state index is -0.451. The van der Waals surface area contributed by atoms with Crippen molar-refractivity contribution < 1.29 is 37.2 Å². The third-order valence-corrected chi connectivity index (χ3v) is 14.3. The molecule has 0 spiro atoms. The molecule has 74 heavy (non-hydrogen) atoms. The maximum atomic E-state index is 9.35. The van der Waals surface area contributed by atoms with Crippen LogP contribution in [-0.4, -0.2) is 14.1 Å². The van der Waals surface area contributed by atoms with E-state index in [1.54, 1.807) is 0 Å². The molecule has 0 fully saturated rings. The summed E-state index contributed by atoms with van der Waals surface area (Å²) in [6.45, 7) is 22.3. The molecule has 372 valence electrons. The van der Waals surface area contributed by atoms with Gasteiger partial charge in [-0.05, 0) is 108 Å². The molecule has 0 aliphatic rings. The van der Waals surface area contributed by atoms with Crippen LogP contribution >= 0.6 is 0 Å². The first-order chi connectivity index (χ1) is 37.1. The largest absolute Gasteiger partial charge is 0.510 e. The molecular weight excluding hydrogens is 1080 g/mol. The molecule has 1 atom stereocenters. The van der Waals surface area contributed by atoms with Gasteiger partial charge < -0.3 is 13.9 Å². The van der Waals surface area contributed by atoms with Crippen LogP contribution in [-0.2, 0) is 31.9 Å². The van der Waals surface area contributed by atoms with E-state index in [4.69, 9.17) is 13.8 Å². The van der Waals surface area contributed by atoms with E-state index in [9.17, 15) is 2.74 Å². The summed E-state index contributed by atoms with van der Waals surface area (Å²) in [6.07, 6.45) is 5.64. The summed E-state index contributed by atoms with van der Waals surface area (Å²) in [7, 11) is 0. The SMILES string of the molecule is [2H]c1c([2H])c([2H])c(-c2cccc(-c3cc(C(C)(C)C)cc(C(C)(C)C)c3)c2-[n+]2[c-]n(-c3[c-]c(Oc4[c-]c5c(cc4)c4ccccc4n5-c4cc(C(C)C(C)(C)C)ccn4)ccc3)c3ccc(-c4ccccc4)cc32)c([2H])c1[2H].[Pt]. The van der Waals surface area contributed by atoms with Gasteiger partial charge >= 0.3 is 0 Å². The summed E-state index contributed by atoms with van der Waals surface area (Å²) in [5.74, 6) is 2.07. The molecule has 0 N–H and O–H groups in total. The van der Waals surface area contributed by atoms with Crippen LogP contribution in [0.25, 0.3) is 83.4 Å². The predicted molar refractivity (Wildman–Crippen MR) is 302 cm³/mol. The Hall–Kier alpha value is -7.33. The van der Waals surface area contributed by atoms with Crippen LogP contribution in [0.15, 0.2) is 188 Å². The van der Waals surface area contributed by atoms with Crippen molar-refractivity contribution >= 4 is 32.8 Å². The topological polar surface area (TPSA) is 35.9 Å². The van der Waals surface area contributed by atoms with E-state index < -0.39 is 18.1 Å². The summed E-state index contributed by atoms with van der Waals surface area (Å²) in [4.78, 5) is 4.91. The van der Waals surface area contributed by atoms with E-state index in [0.29, 0.717) is 34.4 Å². The zero-order valence-electron chi connectivity index (χ0n) is 48.6. The van der Waals surface area contributed by atoms with Crippen LogP contribution in [0, 0.1) is 23.9 Å². The third kappa shape index (κ3) is 9.55. The molecule has 0 aliphatic carbocycles. The second-order valence-electron chi connectivity index (χ2n) is 22.3. The predicted octanol–water partition coefficient (Wildman–Crippen LogP) is 17.3. The van der Waals surface area contributed by atoms with Gasteiger partial charge in [0.1, 0.15) is 5.82 Å². The first kappa shape index (κ1) is 44.2. The second-order valence-corrected chi connectivity index (χ2v) is 22.3. The molecule has 8 aromatic carbocycles. The Bertz CT molecular complexity index is 4100. The van der Waals surface area contributed by atoms with Crippen LogP contribution in [0.2, 0.25) is 0 Å². The number of ether oxygens (including phenoxy) is 1. The fraction of sp³-hybridized carbons (Fsp3) is 0.206. The van der Waals surface area contributed by atoms with Crippen LogP contribution < -0.4 is 9.30 Å². The molecule has 6 heteroatoms. The maximum Gasteiger partial charge on any atom is 0.268 e. The van der Waals surface area contributed by atoms with Gasteiger partial charge in [0.15, 0.2) is 0 Å². The number of aromatic nitrogens is 4. The van der Waals surface area contributed by atoms with Crippen molar-refractivity contribution in [1.82, 2.24) is 14.1 Å². The van der Waals surface area contributed by atoms with Crippen molar-refractivity contribution in [3.63, 3.8) is 0 Å². The molecule has 5 nitrogen and oxygen atoms in total. The summed E-state index contributed by atoms with van der Waals surface area (Å²) in [6, 6.07) is 56.8. The number of para-hydroxylation sites is 2. The Morgan fingerprint density at radius 2 is 1.26 bits per heavy atom. The number of benzene rings is 8. The van der Waals surface area contributed by atoms with Crippen molar-refractivity contribution in [1.29, 1.82) is 0 Å². The Morgan fingerprint density at radius 1 is 0.581 bits per heavy atom. The van der Waals surface area contributed by atoms with Gasteiger partial charge in [-0.1, -0.05) is 202 Å². The Morgan fingerprint density at radius 3 is 1.97 bits per heavy atom. The Balaban J connectivity index is 0.00000704. The van der Waals surface area contributed by atoms with E-state index in [1.807, 2.05) is 76.0 Å². The van der Waals surface area contributed by atoms with E-state index in [0.717, 1.165) is 72.0 Å². The van der Waals surface area contributed by atoms with E-state index >= 15 is 0 Å². The Labute approximate surface area is 458 Å². The van der Waals surface area contributed by atoms with E-state index in [1.165, 1.54) is 5.56 Å². The summed E-state index contributed by atoms with van der Waals surface area (Å²) in [5, 5.41) is 2.12. The molecule has 0 bridgehead atoms. The molecule has 0 radical (unpaired) electrons. The summed E-state index contributed by atoms with van der Waals surface area (Å²) < 4.78 is 57.8. The van der Waals surface area contributed by atoms with Crippen molar-refractivity contribution in [2.75, 3.05) is 0 Å². The number of fused-ring (bicyclic) bond motifs is 4. The second kappa shape index (κ2) is 19.5. The minimum absolute atomic E-state index is 0. The molecule has 1 unspecified atom stereocenters. The average Bonchev–Trinajstić information content (AvgIpc) is 4.22. The molecule has 0 saturated heterocycles. The fourth-order valence-corrected chi connectivity index (χ4v) is 9.76. The zero-order valence-corrected chi connectivity index (χ0v) is 45.9. The quantitative estimate of drug-likeness (QED) is 0.107. The number of pyridine rings is 1. The number of hydrogen-bond donors (Lipinski definition) is 0. The third-order valence-electron chi connectivity index (χ3n) is 14.3. The molecular formula is C68H62N4OPt-2. The normalized spacial score (nSPS) is 13.5. The molecule has 0 amide bonds. The molecule has 3 aromatic heterocycles. The van der Waals surface area contributed by atoms with Crippen LogP contribution in [0.4, 0.5) is 0 Å². The average molecular weight is 1150 g/mol. The molecule has 0 aliphatic heterocycles. The summed E-state index contributed by atoms with van der Waals surface area (Å²) in [5.41, 5.74) is 12.1. The van der Waals surface area contributed by atoms with Gasteiger partial charge in [-0.3, -0.25) is 4.57 Å². The van der Waals surface area contributed by atoms with Gasteiger partial charge in [0.2, 0.25) is 0 Å². The van der Waals surface area contributed by atoms with Crippen molar-refractivity contribution in [3.05, 3.63) is 223 Å². The van der Waals surface area contributed by atoms with Gasteiger partial charge in [-0.25, -0.2) is 4.98 Å². The Kier molecular flexibility index (Phi) is 11.6. The standard InChI is InChI=1S/C68H62N4O.Pt/c1-45(66(2,3)4)48-35-36-69-64(40-48)72-60-30-18-17-27-58(60)59-33-32-55(43-62(59)72)73-54-26-19-25-53(42-54)70-44-71(63-39-49(31-34-61(63)70)46-21-13-11-14-22-46)65-56(47-23-15-12-16-24-47)28-20-29-57(65)50-37-51(67(5,6)7)41-52(38-50)68(8,9)10;/h11-41,45H,1-10H3;/q-2;/i12D,15D,16D,23D,24D;. The number of rotatable bonds is 9. The van der Waals surface area contributed by atoms with Crippen LogP contribution in [0.5, 0.6) is 11.5 Å². The van der Waals surface area contributed by atoms with Crippen LogP contribution in [0.3, 0.4) is 0 Å². The van der Waals surface area contributed by atoms with Crippen molar-refractivity contribution in [2.24, 2.45) is 5.41 Å². The van der Waals surface area contributed by atoms with Crippen molar-refractivity contribution in [3.8, 4) is 62.1 Å². The molecule has 11 rings (SSSR count). The first-order valence-electron chi connectivity index (χ1n) is 27.6. The molecule has 11 aromatic rings. The number of imidazole rings is 1. The summed E-state index contributed by atoms with van der Waals surface area (Å²) >= 11 is 0. The van der Waals surface area contributed by atoms with Gasteiger partial charge in [-0.2, -0.15) is 18.2 Å². The molecule has 0 saturated carbocycles. The number of nitrogens with zero attached hydrogens (tertiary/aromatic N) is 4. The van der Waals surface area contributed by atoms with E-state index in [-0.39, 0.29) is 55.0 Å². The van der Waals surface area contributed by atoms with Gasteiger partial charge in [0.25, 0.3) is 6.33 Å². The minimum Gasteiger partial charge on any atom is -0.510 e. The monoisotopic (exact) mass is 1150 g/mol. The van der Waals surface area contributed by atoms with Crippen molar-refractivity contribution in [2.45, 2.75) is 86.0 Å². The molecule has 3 heterocycles.